The fourth-order valence-electron chi connectivity index (χ4n) is 1.78. The monoisotopic (exact) mass is 215 g/mol. The number of hydrogen-bond donors (Lipinski definition) is 1. The Kier molecular flexibility index (Phi) is 4.11. The van der Waals surface area contributed by atoms with E-state index in [1.165, 1.54) is 0 Å². The van der Waals surface area contributed by atoms with E-state index in [0.717, 1.165) is 6.42 Å². The molecule has 0 aromatic carbocycles. The van der Waals surface area contributed by atoms with Crippen LogP contribution in [0.15, 0.2) is 0 Å². The van der Waals surface area contributed by atoms with Crippen molar-refractivity contribution in [3.8, 4) is 0 Å². The van der Waals surface area contributed by atoms with Crippen molar-refractivity contribution < 1.29 is 14.3 Å². The lowest BCUT2D eigenvalue weighted by molar-refractivity contribution is -0.133. The van der Waals surface area contributed by atoms with Crippen molar-refractivity contribution in [2.45, 2.75) is 46.4 Å². The predicted octanol–water partition coefficient (Wildman–Crippen LogP) is 1.30. The molecule has 1 N–H and O–H groups in total. The van der Waals surface area contributed by atoms with Gasteiger partial charge in [-0.2, -0.15) is 0 Å². The first-order valence-electron chi connectivity index (χ1n) is 5.50. The molecule has 4 heteroatoms. The number of hydrogen-bond acceptors (Lipinski definition) is 3. The van der Waals surface area contributed by atoms with Crippen LogP contribution >= 0.6 is 0 Å². The van der Waals surface area contributed by atoms with Gasteiger partial charge in [0.15, 0.2) is 6.29 Å². The predicted molar refractivity (Wildman–Crippen MR) is 57.4 cm³/mol. The van der Waals surface area contributed by atoms with Gasteiger partial charge in [0, 0.05) is 12.0 Å². The topological polar surface area (TPSA) is 47.6 Å². The lowest BCUT2D eigenvalue weighted by Crippen LogP contribution is -2.32. The zero-order valence-electron chi connectivity index (χ0n) is 10.0. The summed E-state index contributed by atoms with van der Waals surface area (Å²) in [6, 6.07) is 0.121. The number of carbonyl (C=O) groups excluding carboxylic acids is 1. The molecule has 1 aliphatic heterocycles. The Morgan fingerprint density at radius 3 is 2.67 bits per heavy atom. The summed E-state index contributed by atoms with van der Waals surface area (Å²) >= 11 is 0. The Morgan fingerprint density at radius 1 is 1.53 bits per heavy atom. The summed E-state index contributed by atoms with van der Waals surface area (Å²) in [6.45, 7) is 8.87. The molecular formula is C11H21NO3. The van der Waals surface area contributed by atoms with Gasteiger partial charge in [-0.05, 0) is 20.3 Å². The van der Waals surface area contributed by atoms with Crippen molar-refractivity contribution in [2.24, 2.45) is 5.41 Å². The van der Waals surface area contributed by atoms with Gasteiger partial charge in [-0.25, -0.2) is 0 Å². The lowest BCUT2D eigenvalue weighted by atomic mass is 9.90. The average molecular weight is 215 g/mol. The molecule has 0 aromatic rings. The highest BCUT2D eigenvalue weighted by molar-refractivity contribution is 5.84. The third-order valence-corrected chi connectivity index (χ3v) is 2.64. The largest absolute Gasteiger partial charge is 0.353 e. The molecule has 0 radical (unpaired) electrons. The Labute approximate surface area is 91.3 Å². The van der Waals surface area contributed by atoms with Crippen LogP contribution in [0.5, 0.6) is 0 Å². The minimum atomic E-state index is -0.261. The molecule has 1 saturated heterocycles. The van der Waals surface area contributed by atoms with Crippen LogP contribution in [0.25, 0.3) is 0 Å². The highest BCUT2D eigenvalue weighted by atomic mass is 16.7. The summed E-state index contributed by atoms with van der Waals surface area (Å²) in [4.78, 5) is 11.5. The third kappa shape index (κ3) is 3.47. The van der Waals surface area contributed by atoms with Crippen LogP contribution in [0, 0.1) is 5.41 Å². The van der Waals surface area contributed by atoms with Crippen LogP contribution < -0.4 is 5.32 Å². The van der Waals surface area contributed by atoms with Gasteiger partial charge in [-0.15, -0.1) is 0 Å². The van der Waals surface area contributed by atoms with E-state index in [2.05, 4.69) is 5.32 Å². The zero-order chi connectivity index (χ0) is 11.5. The van der Waals surface area contributed by atoms with E-state index < -0.39 is 0 Å². The standard InChI is InChI=1S/C11H21NO3/c1-5-14-8(2)15-7-9-6-11(3,4)10(13)12-9/h8-9H,5-7H2,1-4H3,(H,12,13)/t8?,9-/m1/s1. The molecule has 0 saturated carbocycles. The van der Waals surface area contributed by atoms with Crippen molar-refractivity contribution in [3.05, 3.63) is 0 Å². The number of rotatable bonds is 5. The van der Waals surface area contributed by atoms with Crippen molar-refractivity contribution in [1.82, 2.24) is 5.32 Å². The molecule has 1 amide bonds. The van der Waals surface area contributed by atoms with E-state index in [9.17, 15) is 4.79 Å². The highest BCUT2D eigenvalue weighted by Crippen LogP contribution is 2.28. The van der Waals surface area contributed by atoms with Gasteiger partial charge in [0.25, 0.3) is 0 Å². The maximum absolute atomic E-state index is 11.5. The Balaban J connectivity index is 2.27. The van der Waals surface area contributed by atoms with E-state index in [0.29, 0.717) is 13.2 Å². The van der Waals surface area contributed by atoms with E-state index in [4.69, 9.17) is 9.47 Å². The zero-order valence-corrected chi connectivity index (χ0v) is 10.0. The maximum Gasteiger partial charge on any atom is 0.226 e. The lowest BCUT2D eigenvalue weighted by Gasteiger charge is -2.16. The summed E-state index contributed by atoms with van der Waals surface area (Å²) < 4.78 is 10.7. The molecule has 0 spiro atoms. The van der Waals surface area contributed by atoms with E-state index in [1.807, 2.05) is 27.7 Å². The van der Waals surface area contributed by atoms with Crippen molar-refractivity contribution in [2.75, 3.05) is 13.2 Å². The SMILES string of the molecule is CCOC(C)OC[C@H]1CC(C)(C)C(=O)N1. The quantitative estimate of drug-likeness (QED) is 0.703. The molecule has 2 atom stereocenters. The van der Waals surface area contributed by atoms with Crippen molar-refractivity contribution in [3.63, 3.8) is 0 Å². The normalized spacial score (nSPS) is 26.4. The minimum Gasteiger partial charge on any atom is -0.353 e. The van der Waals surface area contributed by atoms with Gasteiger partial charge in [0.05, 0.1) is 12.6 Å². The van der Waals surface area contributed by atoms with Gasteiger partial charge in [-0.3, -0.25) is 4.79 Å². The molecule has 1 rings (SSSR count). The summed E-state index contributed by atoms with van der Waals surface area (Å²) in [7, 11) is 0. The first-order chi connectivity index (χ1) is 6.95. The molecule has 0 aliphatic carbocycles. The summed E-state index contributed by atoms with van der Waals surface area (Å²) in [5, 5.41) is 2.92. The number of amides is 1. The first kappa shape index (κ1) is 12.5. The number of ether oxygens (including phenoxy) is 2. The van der Waals surface area contributed by atoms with Gasteiger partial charge >= 0.3 is 0 Å². The first-order valence-corrected chi connectivity index (χ1v) is 5.50. The molecule has 15 heavy (non-hydrogen) atoms. The smallest absolute Gasteiger partial charge is 0.226 e. The van der Waals surface area contributed by atoms with E-state index in [-0.39, 0.29) is 23.7 Å². The fraction of sp³-hybridized carbons (Fsp3) is 0.909. The van der Waals surface area contributed by atoms with Gasteiger partial charge < -0.3 is 14.8 Å². The van der Waals surface area contributed by atoms with Crippen LogP contribution in [0.2, 0.25) is 0 Å². The van der Waals surface area contributed by atoms with Crippen LogP contribution in [0.3, 0.4) is 0 Å². The maximum atomic E-state index is 11.5. The Bertz CT molecular complexity index is 228. The summed E-state index contributed by atoms with van der Waals surface area (Å²) in [6.07, 6.45) is 0.626. The van der Waals surface area contributed by atoms with E-state index >= 15 is 0 Å². The molecule has 88 valence electrons. The third-order valence-electron chi connectivity index (χ3n) is 2.64. The fourth-order valence-corrected chi connectivity index (χ4v) is 1.78. The van der Waals surface area contributed by atoms with Gasteiger partial charge in [0.2, 0.25) is 5.91 Å². The van der Waals surface area contributed by atoms with Gasteiger partial charge in [0.1, 0.15) is 0 Å². The Hall–Kier alpha value is -0.610. The van der Waals surface area contributed by atoms with Gasteiger partial charge in [-0.1, -0.05) is 13.8 Å². The van der Waals surface area contributed by atoms with Crippen LogP contribution in [0.4, 0.5) is 0 Å². The number of nitrogens with one attached hydrogen (secondary N) is 1. The second-order valence-corrected chi connectivity index (χ2v) is 4.61. The number of carbonyl (C=O) groups is 1. The van der Waals surface area contributed by atoms with Crippen LogP contribution in [0.1, 0.15) is 34.1 Å². The van der Waals surface area contributed by atoms with Crippen LogP contribution in [-0.4, -0.2) is 31.5 Å². The van der Waals surface area contributed by atoms with Crippen molar-refractivity contribution >= 4 is 5.91 Å². The molecule has 1 aliphatic rings. The molecule has 1 fully saturated rings. The summed E-state index contributed by atoms with van der Waals surface area (Å²) in [5.41, 5.74) is -0.261. The minimum absolute atomic E-state index is 0.111. The average Bonchev–Trinajstić information content (AvgIpc) is 2.38. The molecule has 0 bridgehead atoms. The van der Waals surface area contributed by atoms with Crippen LogP contribution in [-0.2, 0) is 14.3 Å². The molecule has 4 nitrogen and oxygen atoms in total. The molecule has 1 unspecified atom stereocenters. The van der Waals surface area contributed by atoms with Crippen molar-refractivity contribution in [1.29, 1.82) is 0 Å². The molecule has 0 aromatic heterocycles. The Morgan fingerprint density at radius 2 is 2.20 bits per heavy atom. The molecule has 1 heterocycles. The molecular weight excluding hydrogens is 194 g/mol. The second-order valence-electron chi connectivity index (χ2n) is 4.61. The summed E-state index contributed by atoms with van der Waals surface area (Å²) in [5.74, 6) is 0.111. The van der Waals surface area contributed by atoms with E-state index in [1.54, 1.807) is 0 Å². The highest BCUT2D eigenvalue weighted by Gasteiger charge is 2.38. The second kappa shape index (κ2) is 4.94.